The number of ether oxygens (including phenoxy) is 3. The summed E-state index contributed by atoms with van der Waals surface area (Å²) in [4.78, 5) is 36.2. The first-order valence-corrected chi connectivity index (χ1v) is 13.9. The normalized spacial score (nSPS) is 19.4. The molecule has 1 unspecified atom stereocenters. The number of carbonyl (C=O) groups excluding carboxylic acids is 2. The number of imidazole rings is 1. The van der Waals surface area contributed by atoms with E-state index < -0.39 is 18.5 Å². The third kappa shape index (κ3) is 5.68. The van der Waals surface area contributed by atoms with Gasteiger partial charge in [0.25, 0.3) is 12.3 Å². The van der Waals surface area contributed by atoms with Crippen LogP contribution in [0.1, 0.15) is 60.9 Å². The topological polar surface area (TPSA) is 120 Å². The maximum absolute atomic E-state index is 14.3. The van der Waals surface area contributed by atoms with Crippen molar-refractivity contribution in [2.24, 2.45) is 5.92 Å². The molecule has 13 heteroatoms. The van der Waals surface area contributed by atoms with Crippen LogP contribution in [0.3, 0.4) is 0 Å². The third-order valence-electron chi connectivity index (χ3n) is 7.53. The number of halogens is 2. The highest BCUT2D eigenvalue weighted by Gasteiger charge is 2.32. The van der Waals surface area contributed by atoms with Gasteiger partial charge < -0.3 is 29.7 Å². The number of methoxy groups -OCH3 is 1. The second-order valence-corrected chi connectivity index (χ2v) is 10.4. The number of amides is 2. The van der Waals surface area contributed by atoms with Gasteiger partial charge in [0, 0.05) is 37.2 Å². The number of anilines is 3. The van der Waals surface area contributed by atoms with Crippen molar-refractivity contribution in [1.29, 1.82) is 0 Å². The van der Waals surface area contributed by atoms with Gasteiger partial charge in [0.2, 0.25) is 5.91 Å². The number of alkyl halides is 2. The number of benzene rings is 1. The lowest BCUT2D eigenvalue weighted by molar-refractivity contribution is -0.117. The van der Waals surface area contributed by atoms with Gasteiger partial charge in [0.1, 0.15) is 23.3 Å². The Morgan fingerprint density at radius 1 is 1.05 bits per heavy atom. The van der Waals surface area contributed by atoms with E-state index in [1.807, 2.05) is 0 Å². The largest absolute Gasteiger partial charge is 0.495 e. The van der Waals surface area contributed by atoms with Crippen LogP contribution >= 0.6 is 0 Å². The Kier molecular flexibility index (Phi) is 7.71. The number of morpholine rings is 1. The molecule has 41 heavy (non-hydrogen) atoms. The van der Waals surface area contributed by atoms with Gasteiger partial charge in [0.05, 0.1) is 31.7 Å². The Morgan fingerprint density at radius 3 is 2.54 bits per heavy atom. The minimum atomic E-state index is -2.87. The molecule has 11 nitrogen and oxygen atoms in total. The van der Waals surface area contributed by atoms with E-state index in [1.54, 1.807) is 29.2 Å². The van der Waals surface area contributed by atoms with Crippen molar-refractivity contribution in [3.8, 4) is 5.75 Å². The molecule has 3 fully saturated rings. The summed E-state index contributed by atoms with van der Waals surface area (Å²) in [5, 5.41) is 6.06. The van der Waals surface area contributed by atoms with E-state index in [4.69, 9.17) is 14.2 Å². The lowest BCUT2D eigenvalue weighted by Crippen LogP contribution is -2.40. The predicted molar refractivity (Wildman–Crippen MR) is 146 cm³/mol. The number of hydrogen-bond acceptors (Lipinski definition) is 8. The van der Waals surface area contributed by atoms with Gasteiger partial charge in [0.15, 0.2) is 11.5 Å². The SMILES string of the molecule is COc1cc(C(=O)N2CCOCC2)ccc1Nc1cc(NC(=O)C2CC2)nc2c1nc(C(F)F)n2C1CCCCO1. The second kappa shape index (κ2) is 11.6. The minimum Gasteiger partial charge on any atom is -0.495 e. The Morgan fingerprint density at radius 2 is 1.85 bits per heavy atom. The fourth-order valence-electron chi connectivity index (χ4n) is 5.20. The van der Waals surface area contributed by atoms with E-state index >= 15 is 0 Å². The zero-order valence-corrected chi connectivity index (χ0v) is 22.7. The van der Waals surface area contributed by atoms with Crippen LogP contribution in [0.2, 0.25) is 0 Å². The summed E-state index contributed by atoms with van der Waals surface area (Å²) in [5.41, 5.74) is 1.67. The van der Waals surface area contributed by atoms with Gasteiger partial charge in [-0.1, -0.05) is 0 Å². The summed E-state index contributed by atoms with van der Waals surface area (Å²) in [6.45, 7) is 2.43. The number of carbonyl (C=O) groups is 2. The van der Waals surface area contributed by atoms with Gasteiger partial charge in [-0.05, 0) is 50.3 Å². The molecule has 1 atom stereocenters. The average molecular weight is 571 g/mol. The van der Waals surface area contributed by atoms with Crippen LogP contribution in [-0.2, 0) is 14.3 Å². The van der Waals surface area contributed by atoms with Crippen LogP contribution in [0.5, 0.6) is 5.75 Å². The number of pyridine rings is 1. The quantitative estimate of drug-likeness (QED) is 0.402. The van der Waals surface area contributed by atoms with Crippen LogP contribution in [0.25, 0.3) is 11.2 Å². The first kappa shape index (κ1) is 27.3. The molecule has 2 amide bonds. The highest BCUT2D eigenvalue weighted by Crippen LogP contribution is 2.38. The Hall–Kier alpha value is -3.84. The maximum atomic E-state index is 14.3. The number of nitrogens with zero attached hydrogens (tertiary/aromatic N) is 4. The monoisotopic (exact) mass is 570 g/mol. The van der Waals surface area contributed by atoms with Gasteiger partial charge >= 0.3 is 0 Å². The van der Waals surface area contributed by atoms with Crippen molar-refractivity contribution >= 4 is 40.2 Å². The Bertz CT molecular complexity index is 1450. The molecular weight excluding hydrogens is 538 g/mol. The zero-order valence-electron chi connectivity index (χ0n) is 22.7. The number of rotatable bonds is 8. The van der Waals surface area contributed by atoms with Crippen molar-refractivity contribution < 1.29 is 32.6 Å². The number of aromatic nitrogens is 3. The van der Waals surface area contributed by atoms with Crippen LogP contribution in [0.15, 0.2) is 24.3 Å². The summed E-state index contributed by atoms with van der Waals surface area (Å²) in [6, 6.07) is 6.57. The van der Waals surface area contributed by atoms with Crippen LogP contribution in [-0.4, -0.2) is 71.3 Å². The molecule has 6 rings (SSSR count). The minimum absolute atomic E-state index is 0.0799. The molecule has 3 aliphatic rings. The summed E-state index contributed by atoms with van der Waals surface area (Å²) < 4.78 is 46.7. The first-order valence-electron chi connectivity index (χ1n) is 13.9. The van der Waals surface area contributed by atoms with E-state index in [9.17, 15) is 18.4 Å². The van der Waals surface area contributed by atoms with Gasteiger partial charge in [-0.3, -0.25) is 14.2 Å². The van der Waals surface area contributed by atoms with Crippen LogP contribution < -0.4 is 15.4 Å². The molecule has 1 aromatic carbocycles. The van der Waals surface area contributed by atoms with E-state index in [0.717, 1.165) is 25.7 Å². The molecule has 2 N–H and O–H groups in total. The predicted octanol–water partition coefficient (Wildman–Crippen LogP) is 4.64. The maximum Gasteiger partial charge on any atom is 0.295 e. The molecule has 218 valence electrons. The fourth-order valence-corrected chi connectivity index (χ4v) is 5.20. The molecule has 0 radical (unpaired) electrons. The highest BCUT2D eigenvalue weighted by atomic mass is 19.3. The van der Waals surface area contributed by atoms with Crippen molar-refractivity contribution in [1.82, 2.24) is 19.4 Å². The molecule has 0 spiro atoms. The highest BCUT2D eigenvalue weighted by molar-refractivity contribution is 5.98. The third-order valence-corrected chi connectivity index (χ3v) is 7.53. The average Bonchev–Trinajstić information content (AvgIpc) is 3.78. The summed E-state index contributed by atoms with van der Waals surface area (Å²) in [6.07, 6.45) is 0.299. The standard InChI is InChI=1S/C28H32F2N6O5/c1-39-20-14-17(28(38)35-9-12-40-13-10-35)7-8-18(20)31-19-15-21(33-27(37)16-5-6-16)32-25-23(19)34-26(24(29)30)36(25)22-4-2-3-11-41-22/h7-8,14-16,22,24H,2-6,9-13H2,1H3,(H2,31,32,33,37). The van der Waals surface area contributed by atoms with E-state index in [0.29, 0.717) is 62.0 Å². The summed E-state index contributed by atoms with van der Waals surface area (Å²) in [5.74, 6) is -0.243. The smallest absolute Gasteiger partial charge is 0.295 e. The fraction of sp³-hybridized carbons (Fsp3) is 0.500. The molecule has 2 saturated heterocycles. The molecule has 3 aromatic rings. The van der Waals surface area contributed by atoms with Crippen molar-refractivity contribution in [3.05, 3.63) is 35.7 Å². The van der Waals surface area contributed by atoms with Crippen molar-refractivity contribution in [3.63, 3.8) is 0 Å². The number of hydrogen-bond donors (Lipinski definition) is 2. The van der Waals surface area contributed by atoms with Crippen molar-refractivity contribution in [2.45, 2.75) is 44.8 Å². The lowest BCUT2D eigenvalue weighted by Gasteiger charge is -2.27. The van der Waals surface area contributed by atoms with Gasteiger partial charge in [-0.15, -0.1) is 0 Å². The van der Waals surface area contributed by atoms with E-state index in [2.05, 4.69) is 20.6 Å². The second-order valence-electron chi connectivity index (χ2n) is 10.4. The van der Waals surface area contributed by atoms with Gasteiger partial charge in [-0.25, -0.2) is 18.7 Å². The zero-order chi connectivity index (χ0) is 28.5. The molecule has 0 bridgehead atoms. The van der Waals surface area contributed by atoms with E-state index in [1.165, 1.54) is 11.7 Å². The molecular formula is C28H32F2N6O5. The first-order chi connectivity index (χ1) is 19.9. The summed E-state index contributed by atoms with van der Waals surface area (Å²) in [7, 11) is 1.48. The van der Waals surface area contributed by atoms with Crippen LogP contribution in [0, 0.1) is 5.92 Å². The molecule has 1 aliphatic carbocycles. The molecule has 1 saturated carbocycles. The number of nitrogens with one attached hydrogen (secondary N) is 2. The van der Waals surface area contributed by atoms with Crippen molar-refractivity contribution in [2.75, 3.05) is 50.7 Å². The lowest BCUT2D eigenvalue weighted by atomic mass is 10.1. The molecule has 2 aliphatic heterocycles. The van der Waals surface area contributed by atoms with Crippen LogP contribution in [0.4, 0.5) is 26.0 Å². The van der Waals surface area contributed by atoms with E-state index in [-0.39, 0.29) is 34.7 Å². The molecule has 4 heterocycles. The Labute approximate surface area is 235 Å². The van der Waals surface area contributed by atoms with Gasteiger partial charge in [-0.2, -0.15) is 0 Å². The molecule has 2 aromatic heterocycles. The summed E-state index contributed by atoms with van der Waals surface area (Å²) >= 11 is 0. The Balaban J connectivity index is 1.40. The number of fused-ring (bicyclic) bond motifs is 1.